The van der Waals surface area contributed by atoms with Crippen LogP contribution in [0.15, 0.2) is 72.4 Å². The van der Waals surface area contributed by atoms with Crippen LogP contribution in [0.4, 0.5) is 0 Å². The van der Waals surface area contributed by atoms with E-state index in [4.69, 9.17) is 23.1 Å². The first-order valence-electron chi connectivity index (χ1n) is 19.0. The van der Waals surface area contributed by atoms with E-state index in [1.54, 1.807) is 6.08 Å². The van der Waals surface area contributed by atoms with E-state index in [1.165, 1.54) is 11.1 Å². The van der Waals surface area contributed by atoms with Crippen LogP contribution in [-0.2, 0) is 27.9 Å². The van der Waals surface area contributed by atoms with Gasteiger partial charge in [0, 0.05) is 12.5 Å². The van der Waals surface area contributed by atoms with Gasteiger partial charge in [-0.15, -0.1) is 0 Å². The molecule has 3 aliphatic heterocycles. The van der Waals surface area contributed by atoms with E-state index in [0.717, 1.165) is 32.1 Å². The first kappa shape index (κ1) is 42.6. The summed E-state index contributed by atoms with van der Waals surface area (Å²) in [5.74, 6) is 0.0697. The quantitative estimate of drug-likeness (QED) is 0.148. The molecule has 8 heteroatoms. The van der Waals surface area contributed by atoms with E-state index < -0.39 is 28.8 Å². The minimum absolute atomic E-state index is 0.0278. The van der Waals surface area contributed by atoms with Crippen LogP contribution in [0.1, 0.15) is 100 Å². The van der Waals surface area contributed by atoms with Crippen molar-refractivity contribution in [1.29, 1.82) is 0 Å². The van der Waals surface area contributed by atoms with Crippen LogP contribution >= 0.6 is 0 Å². The summed E-state index contributed by atoms with van der Waals surface area (Å²) in [5.41, 5.74) is 2.51. The van der Waals surface area contributed by atoms with Gasteiger partial charge in [-0.1, -0.05) is 115 Å². The lowest BCUT2D eigenvalue weighted by molar-refractivity contribution is -0.146. The zero-order valence-electron chi connectivity index (χ0n) is 33.6. The molecule has 0 amide bonds. The Kier molecular flexibility index (Phi) is 15.6. The van der Waals surface area contributed by atoms with E-state index in [9.17, 15) is 4.79 Å². The Morgan fingerprint density at radius 1 is 0.920 bits per heavy atom. The van der Waals surface area contributed by atoms with Crippen LogP contribution in [0.3, 0.4) is 0 Å². The van der Waals surface area contributed by atoms with E-state index in [1.807, 2.05) is 6.08 Å². The molecule has 0 unspecified atom stereocenters. The van der Waals surface area contributed by atoms with E-state index in [0.29, 0.717) is 25.4 Å². The van der Waals surface area contributed by atoms with Gasteiger partial charge in [-0.2, -0.15) is 0 Å². The standard InChI is InChI=1S/C42H70O6Si2/c1-31-25-26-44-35(28-31)23-24-39(48-50(12,13)42(7,8)9)38-21-15-20-37(47-49(10,11)41(4,5)6)30-33(3)27-32(2)29-36-19-14-17-34(45-36)18-16-22-40(43)46-38/h14-17,20,22-25,32,34-39H,3,18-19,21,26-30H2,1-2,4-13H3/b20-15+,22-16+,24-23+/t32-,34-,35+,36-,37-,38-,39+/m0/s1. The van der Waals surface area contributed by atoms with Gasteiger partial charge in [0.15, 0.2) is 16.6 Å². The topological polar surface area (TPSA) is 63.2 Å². The summed E-state index contributed by atoms with van der Waals surface area (Å²) in [7, 11) is -4.36. The second-order valence-corrected chi connectivity index (χ2v) is 27.5. The number of hydrogen-bond acceptors (Lipinski definition) is 6. The smallest absolute Gasteiger partial charge is 0.330 e. The molecule has 6 nitrogen and oxygen atoms in total. The number of rotatable bonds is 7. The van der Waals surface area contributed by atoms with Crippen LogP contribution in [0, 0.1) is 5.92 Å². The summed E-state index contributed by atoms with van der Waals surface area (Å²) in [6.45, 7) is 32.2. The summed E-state index contributed by atoms with van der Waals surface area (Å²) in [5, 5.41) is 0.0376. The largest absolute Gasteiger partial charge is 0.456 e. The van der Waals surface area contributed by atoms with Crippen molar-refractivity contribution in [2.45, 2.75) is 173 Å². The summed E-state index contributed by atoms with van der Waals surface area (Å²) in [6, 6.07) is 0. The molecule has 0 saturated heterocycles. The number of cyclic esters (lactones) is 1. The Hall–Kier alpha value is -1.82. The molecule has 3 rings (SSSR count). The van der Waals surface area contributed by atoms with Crippen LogP contribution < -0.4 is 0 Å². The molecule has 0 saturated carbocycles. The molecule has 3 aliphatic rings. The molecule has 0 aromatic carbocycles. The maximum absolute atomic E-state index is 13.5. The highest BCUT2D eigenvalue weighted by molar-refractivity contribution is 6.74. The molecule has 0 spiro atoms. The van der Waals surface area contributed by atoms with Crippen LogP contribution in [0.2, 0.25) is 36.3 Å². The molecule has 7 atom stereocenters. The fourth-order valence-corrected chi connectivity index (χ4v) is 8.64. The highest BCUT2D eigenvalue weighted by atomic mass is 28.4. The molecule has 0 fully saturated rings. The van der Waals surface area contributed by atoms with Crippen LogP contribution in [0.25, 0.3) is 0 Å². The zero-order chi connectivity index (χ0) is 37.3. The molecule has 0 radical (unpaired) electrons. The molecule has 3 heterocycles. The van der Waals surface area contributed by atoms with Crippen molar-refractivity contribution in [3.63, 3.8) is 0 Å². The summed E-state index contributed by atoms with van der Waals surface area (Å²) >= 11 is 0. The fraction of sp³-hybridized carbons (Fsp3) is 0.690. The Labute approximate surface area is 307 Å². The number of ether oxygens (including phenoxy) is 3. The van der Waals surface area contributed by atoms with Crippen molar-refractivity contribution in [3.8, 4) is 0 Å². The first-order chi connectivity index (χ1) is 23.1. The molecule has 50 heavy (non-hydrogen) atoms. The third-order valence-electron chi connectivity index (χ3n) is 11.2. The Balaban J connectivity index is 2.02. The van der Waals surface area contributed by atoms with Crippen molar-refractivity contribution in [2.24, 2.45) is 5.92 Å². The maximum atomic E-state index is 13.5. The molecule has 2 bridgehead atoms. The van der Waals surface area contributed by atoms with E-state index in [2.05, 4.69) is 131 Å². The highest BCUT2D eigenvalue weighted by Gasteiger charge is 2.41. The zero-order valence-corrected chi connectivity index (χ0v) is 35.6. The molecule has 0 aliphatic carbocycles. The van der Waals surface area contributed by atoms with Crippen molar-refractivity contribution in [3.05, 3.63) is 72.4 Å². The van der Waals surface area contributed by atoms with Crippen LogP contribution in [0.5, 0.6) is 0 Å². The lowest BCUT2D eigenvalue weighted by Crippen LogP contribution is -2.47. The van der Waals surface area contributed by atoms with E-state index >= 15 is 0 Å². The average Bonchev–Trinajstić information content (AvgIpc) is 2.97. The van der Waals surface area contributed by atoms with Gasteiger partial charge in [0.2, 0.25) is 0 Å². The lowest BCUT2D eigenvalue weighted by atomic mass is 9.91. The Morgan fingerprint density at radius 3 is 2.26 bits per heavy atom. The third kappa shape index (κ3) is 13.6. The van der Waals surface area contributed by atoms with Crippen LogP contribution in [-0.4, -0.2) is 65.8 Å². The minimum atomic E-state index is -2.27. The number of carbonyl (C=O) groups excluding carboxylic acids is 1. The maximum Gasteiger partial charge on any atom is 0.330 e. The average molecular weight is 727 g/mol. The SMILES string of the molecule is C=C1C[C@H](C)C[C@@H]2CC=C[C@@H](C/C=C/C(=O)O[C@H]([C@@H](/C=C/[C@@H]3CC(C)=CCO3)O[Si](C)(C)C(C)(C)C)C/C=C/[C@H](O[Si](C)(C)C(C)(C)C)C1)O2. The van der Waals surface area contributed by atoms with Gasteiger partial charge in [0.05, 0.1) is 31.0 Å². The van der Waals surface area contributed by atoms with Crippen molar-refractivity contribution >= 4 is 22.6 Å². The Bertz CT molecular complexity index is 1280. The molecular weight excluding hydrogens is 657 g/mol. The van der Waals surface area contributed by atoms with Gasteiger partial charge in [-0.3, -0.25) is 0 Å². The summed E-state index contributed by atoms with van der Waals surface area (Å²) < 4.78 is 32.9. The second-order valence-electron chi connectivity index (χ2n) is 18.0. The van der Waals surface area contributed by atoms with E-state index in [-0.39, 0.29) is 40.5 Å². The molecule has 0 aromatic rings. The predicted molar refractivity (Wildman–Crippen MR) is 213 cm³/mol. The Morgan fingerprint density at radius 2 is 1.60 bits per heavy atom. The predicted octanol–water partition coefficient (Wildman–Crippen LogP) is 11.0. The third-order valence-corrected chi connectivity index (χ3v) is 20.1. The molecule has 0 aromatic heterocycles. The van der Waals surface area contributed by atoms with Gasteiger partial charge < -0.3 is 23.1 Å². The fourth-order valence-electron chi connectivity index (χ4n) is 6.10. The van der Waals surface area contributed by atoms with Crippen molar-refractivity contribution in [2.75, 3.05) is 6.61 Å². The second kappa shape index (κ2) is 18.3. The van der Waals surface area contributed by atoms with Gasteiger partial charge in [0.25, 0.3) is 0 Å². The molecular formula is C42H70O6Si2. The minimum Gasteiger partial charge on any atom is -0.456 e. The number of hydrogen-bond donors (Lipinski definition) is 0. The highest BCUT2D eigenvalue weighted by Crippen LogP contribution is 2.40. The molecule has 0 N–H and O–H groups in total. The number of esters is 1. The molecule has 282 valence electrons. The van der Waals surface area contributed by atoms with Gasteiger partial charge in [-0.05, 0) is 87.6 Å². The van der Waals surface area contributed by atoms with Gasteiger partial charge >= 0.3 is 5.97 Å². The van der Waals surface area contributed by atoms with Crippen molar-refractivity contribution in [1.82, 2.24) is 0 Å². The summed E-state index contributed by atoms with van der Waals surface area (Å²) in [4.78, 5) is 13.5. The summed E-state index contributed by atoms with van der Waals surface area (Å²) in [6.07, 6.45) is 22.9. The number of carbonyl (C=O) groups is 1. The first-order valence-corrected chi connectivity index (χ1v) is 24.8. The monoisotopic (exact) mass is 726 g/mol. The van der Waals surface area contributed by atoms with Gasteiger partial charge in [-0.25, -0.2) is 4.79 Å². The lowest BCUT2D eigenvalue weighted by Gasteiger charge is -2.40. The normalized spacial score (nSPS) is 30.6. The van der Waals surface area contributed by atoms with Gasteiger partial charge in [0.1, 0.15) is 12.2 Å². The van der Waals surface area contributed by atoms with Crippen molar-refractivity contribution < 1.29 is 27.9 Å². The number of fused-ring (bicyclic) bond motifs is 2.